The van der Waals surface area contributed by atoms with Crippen molar-refractivity contribution >= 4 is 5.97 Å². The molecule has 4 heteroatoms. The fourth-order valence-electron chi connectivity index (χ4n) is 3.41. The van der Waals surface area contributed by atoms with E-state index in [0.717, 1.165) is 44.7 Å². The van der Waals surface area contributed by atoms with E-state index in [2.05, 4.69) is 17.9 Å². The van der Waals surface area contributed by atoms with Crippen LogP contribution in [0.3, 0.4) is 0 Å². The number of hydrogen-bond acceptors (Lipinski definition) is 3. The molecule has 4 nitrogen and oxygen atoms in total. The molecule has 1 aromatic rings. The molecule has 2 aliphatic rings. The normalized spacial score (nSPS) is 24.4. The molecule has 0 amide bonds. The highest BCUT2D eigenvalue weighted by molar-refractivity contribution is 5.89. The zero-order valence-corrected chi connectivity index (χ0v) is 11.8. The minimum absolute atomic E-state index is 0.471. The van der Waals surface area contributed by atoms with E-state index in [4.69, 9.17) is 4.74 Å². The summed E-state index contributed by atoms with van der Waals surface area (Å²) in [6, 6.07) is 6.13. The van der Waals surface area contributed by atoms with Gasteiger partial charge in [-0.05, 0) is 42.9 Å². The molecular weight excluding hydrogens is 254 g/mol. The molecule has 20 heavy (non-hydrogen) atoms. The molecule has 0 bridgehead atoms. The van der Waals surface area contributed by atoms with Gasteiger partial charge in [0.1, 0.15) is 0 Å². The van der Waals surface area contributed by atoms with E-state index in [1.165, 1.54) is 5.56 Å². The number of fused-ring (bicyclic) bond motifs is 1. The number of ether oxygens (including phenoxy) is 1. The van der Waals surface area contributed by atoms with Crippen molar-refractivity contribution in [3.05, 3.63) is 34.9 Å². The Labute approximate surface area is 119 Å². The van der Waals surface area contributed by atoms with Crippen LogP contribution in [0.25, 0.3) is 0 Å². The van der Waals surface area contributed by atoms with Crippen molar-refractivity contribution < 1.29 is 14.6 Å². The Morgan fingerprint density at radius 2 is 2.35 bits per heavy atom. The van der Waals surface area contributed by atoms with Gasteiger partial charge in [0.25, 0.3) is 0 Å². The second-order valence-corrected chi connectivity index (χ2v) is 5.83. The van der Waals surface area contributed by atoms with Gasteiger partial charge in [-0.15, -0.1) is 0 Å². The molecule has 3 rings (SSSR count). The molecule has 1 aromatic carbocycles. The lowest BCUT2D eigenvalue weighted by molar-refractivity contribution is 0.0693. The van der Waals surface area contributed by atoms with Crippen molar-refractivity contribution in [1.82, 2.24) is 4.90 Å². The van der Waals surface area contributed by atoms with Crippen molar-refractivity contribution in [3.8, 4) is 0 Å². The predicted octanol–water partition coefficient (Wildman–Crippen LogP) is 2.17. The smallest absolute Gasteiger partial charge is 0.335 e. The van der Waals surface area contributed by atoms with Crippen LogP contribution in [0.4, 0.5) is 0 Å². The maximum Gasteiger partial charge on any atom is 0.335 e. The molecule has 2 atom stereocenters. The maximum atomic E-state index is 11.3. The highest BCUT2D eigenvalue weighted by atomic mass is 16.5. The molecule has 108 valence electrons. The molecule has 0 saturated carbocycles. The SMILES string of the molecule is CC(C1CCOC1)N1CCc2c(cccc2C(=O)O)C1. The number of aromatic carboxylic acids is 1. The van der Waals surface area contributed by atoms with Crippen LogP contribution in [0.5, 0.6) is 0 Å². The van der Waals surface area contributed by atoms with Crippen molar-refractivity contribution in [2.45, 2.75) is 32.4 Å². The van der Waals surface area contributed by atoms with E-state index in [1.54, 1.807) is 6.07 Å². The molecule has 0 aromatic heterocycles. The molecular formula is C16H21NO3. The number of nitrogens with zero attached hydrogens (tertiary/aromatic N) is 1. The van der Waals surface area contributed by atoms with Crippen LogP contribution in [0.2, 0.25) is 0 Å². The monoisotopic (exact) mass is 275 g/mol. The van der Waals surface area contributed by atoms with Crippen LogP contribution >= 0.6 is 0 Å². The fourth-order valence-corrected chi connectivity index (χ4v) is 3.41. The van der Waals surface area contributed by atoms with Crippen LogP contribution in [0.1, 0.15) is 34.8 Å². The van der Waals surface area contributed by atoms with Crippen LogP contribution in [-0.2, 0) is 17.7 Å². The molecule has 1 fully saturated rings. The van der Waals surface area contributed by atoms with Crippen LogP contribution in [0, 0.1) is 5.92 Å². The van der Waals surface area contributed by atoms with Crippen molar-refractivity contribution in [2.75, 3.05) is 19.8 Å². The van der Waals surface area contributed by atoms with E-state index < -0.39 is 5.97 Å². The van der Waals surface area contributed by atoms with Crippen LogP contribution in [-0.4, -0.2) is 41.8 Å². The topological polar surface area (TPSA) is 49.8 Å². The molecule has 1 N–H and O–H groups in total. The zero-order chi connectivity index (χ0) is 14.1. The van der Waals surface area contributed by atoms with E-state index in [0.29, 0.717) is 17.5 Å². The van der Waals surface area contributed by atoms with E-state index in [9.17, 15) is 9.90 Å². The summed E-state index contributed by atoms with van der Waals surface area (Å²) < 4.78 is 5.48. The molecule has 0 spiro atoms. The zero-order valence-electron chi connectivity index (χ0n) is 11.8. The number of carboxylic acid groups (broad SMARTS) is 1. The van der Waals surface area contributed by atoms with Crippen LogP contribution in [0.15, 0.2) is 18.2 Å². The van der Waals surface area contributed by atoms with Gasteiger partial charge in [-0.3, -0.25) is 4.90 Å². The summed E-state index contributed by atoms with van der Waals surface area (Å²) in [6.07, 6.45) is 1.97. The standard InChI is InChI=1S/C16H21NO3/c1-11(13-6-8-20-10-13)17-7-5-14-12(9-17)3-2-4-15(14)16(18)19/h2-4,11,13H,5-10H2,1H3,(H,18,19). The van der Waals surface area contributed by atoms with Gasteiger partial charge in [0, 0.05) is 25.7 Å². The number of carbonyl (C=O) groups is 1. The van der Waals surface area contributed by atoms with E-state index in [-0.39, 0.29) is 0 Å². The third kappa shape index (κ3) is 2.45. The summed E-state index contributed by atoms with van der Waals surface area (Å²) in [5, 5.41) is 9.26. The third-order valence-electron chi connectivity index (χ3n) is 4.75. The predicted molar refractivity (Wildman–Crippen MR) is 75.9 cm³/mol. The molecule has 2 heterocycles. The van der Waals surface area contributed by atoms with Gasteiger partial charge in [0.2, 0.25) is 0 Å². The van der Waals surface area contributed by atoms with Gasteiger partial charge in [-0.25, -0.2) is 4.79 Å². The van der Waals surface area contributed by atoms with Gasteiger partial charge in [0.05, 0.1) is 12.2 Å². The number of carboxylic acids is 1. The first kappa shape index (κ1) is 13.6. The summed E-state index contributed by atoms with van der Waals surface area (Å²) in [4.78, 5) is 13.7. The van der Waals surface area contributed by atoms with Gasteiger partial charge >= 0.3 is 5.97 Å². The Kier molecular flexibility index (Phi) is 3.76. The fraction of sp³-hybridized carbons (Fsp3) is 0.562. The number of benzene rings is 1. The maximum absolute atomic E-state index is 11.3. The summed E-state index contributed by atoms with van der Waals surface area (Å²) in [7, 11) is 0. The lowest BCUT2D eigenvalue weighted by Gasteiger charge is -2.36. The average Bonchev–Trinajstić information content (AvgIpc) is 2.99. The molecule has 2 aliphatic heterocycles. The number of hydrogen-bond donors (Lipinski definition) is 1. The van der Waals surface area contributed by atoms with Gasteiger partial charge in [-0.1, -0.05) is 12.1 Å². The lowest BCUT2D eigenvalue weighted by atomic mass is 9.91. The molecule has 1 saturated heterocycles. The van der Waals surface area contributed by atoms with Crippen molar-refractivity contribution in [1.29, 1.82) is 0 Å². The first-order valence-corrected chi connectivity index (χ1v) is 7.32. The van der Waals surface area contributed by atoms with E-state index >= 15 is 0 Å². The lowest BCUT2D eigenvalue weighted by Crippen LogP contribution is -2.42. The Morgan fingerprint density at radius 3 is 3.05 bits per heavy atom. The quantitative estimate of drug-likeness (QED) is 0.918. The van der Waals surface area contributed by atoms with E-state index in [1.807, 2.05) is 6.07 Å². The summed E-state index contributed by atoms with van der Waals surface area (Å²) >= 11 is 0. The average molecular weight is 275 g/mol. The third-order valence-corrected chi connectivity index (χ3v) is 4.75. The molecule has 0 radical (unpaired) electrons. The Balaban J connectivity index is 1.78. The first-order valence-electron chi connectivity index (χ1n) is 7.32. The Hall–Kier alpha value is -1.39. The Bertz CT molecular complexity index is 508. The first-order chi connectivity index (χ1) is 9.66. The Morgan fingerprint density at radius 1 is 1.50 bits per heavy atom. The molecule has 0 aliphatic carbocycles. The van der Waals surface area contributed by atoms with Gasteiger partial charge < -0.3 is 9.84 Å². The van der Waals surface area contributed by atoms with Crippen LogP contribution < -0.4 is 0 Å². The summed E-state index contributed by atoms with van der Waals surface area (Å²) in [5.74, 6) is -0.202. The van der Waals surface area contributed by atoms with Gasteiger partial charge in [-0.2, -0.15) is 0 Å². The summed E-state index contributed by atoms with van der Waals surface area (Å²) in [6.45, 7) is 5.80. The second-order valence-electron chi connectivity index (χ2n) is 5.83. The van der Waals surface area contributed by atoms with Crippen molar-refractivity contribution in [3.63, 3.8) is 0 Å². The van der Waals surface area contributed by atoms with Crippen molar-refractivity contribution in [2.24, 2.45) is 5.92 Å². The largest absolute Gasteiger partial charge is 0.478 e. The highest BCUT2D eigenvalue weighted by Crippen LogP contribution is 2.28. The molecule has 2 unspecified atom stereocenters. The highest BCUT2D eigenvalue weighted by Gasteiger charge is 2.30. The minimum Gasteiger partial charge on any atom is -0.478 e. The summed E-state index contributed by atoms with van der Waals surface area (Å²) in [5.41, 5.74) is 2.66. The minimum atomic E-state index is -0.812. The van der Waals surface area contributed by atoms with Gasteiger partial charge in [0.15, 0.2) is 0 Å². The second kappa shape index (κ2) is 5.54. The number of rotatable bonds is 3.